The zero-order chi connectivity index (χ0) is 14.8. The van der Waals surface area contributed by atoms with Gasteiger partial charge in [-0.25, -0.2) is 0 Å². The molecule has 0 spiro atoms. The molecule has 0 atom stereocenters. The number of rotatable bonds is 4. The van der Waals surface area contributed by atoms with Gasteiger partial charge in [-0.05, 0) is 24.6 Å². The van der Waals surface area contributed by atoms with E-state index in [2.05, 4.69) is 19.1 Å². The molecule has 0 amide bonds. The molecule has 0 fully saturated rings. The highest BCUT2D eigenvalue weighted by Crippen LogP contribution is 2.33. The van der Waals surface area contributed by atoms with E-state index in [4.69, 9.17) is 27.1 Å². The van der Waals surface area contributed by atoms with E-state index in [1.807, 2.05) is 36.4 Å². The Bertz CT molecular complexity index is 790. The van der Waals surface area contributed by atoms with Crippen LogP contribution in [0.2, 0.25) is 0 Å². The van der Waals surface area contributed by atoms with Crippen molar-refractivity contribution in [3.63, 3.8) is 0 Å². The molecule has 0 radical (unpaired) electrons. The maximum atomic E-state index is 5.92. The van der Waals surface area contributed by atoms with Crippen molar-refractivity contribution < 1.29 is 9.15 Å². The fourth-order valence-corrected chi connectivity index (χ4v) is 2.30. The molecule has 106 valence electrons. The Kier molecular flexibility index (Phi) is 3.62. The van der Waals surface area contributed by atoms with Crippen molar-refractivity contribution in [1.29, 1.82) is 0 Å². The zero-order valence-electron chi connectivity index (χ0n) is 11.6. The molecular formula is C17H15NO2S. The summed E-state index contributed by atoms with van der Waals surface area (Å²) in [4.78, 5) is 0.199. The molecule has 1 heterocycles. The number of nitrogens with two attached hydrogens (primary N) is 1. The minimum Gasteiger partial charge on any atom is -0.484 e. The third-order valence-corrected chi connectivity index (χ3v) is 3.46. The Labute approximate surface area is 128 Å². The van der Waals surface area contributed by atoms with Gasteiger partial charge in [-0.15, -0.1) is 0 Å². The second-order valence-corrected chi connectivity index (χ2v) is 5.33. The Hall–Kier alpha value is -2.33. The summed E-state index contributed by atoms with van der Waals surface area (Å²) in [5, 5.41) is 0.882. The normalized spacial score (nSPS) is 10.7. The summed E-state index contributed by atoms with van der Waals surface area (Å²) in [6.07, 6.45) is 0. The maximum Gasteiger partial charge on any atom is 0.204 e. The second-order valence-electron chi connectivity index (χ2n) is 4.89. The Morgan fingerprint density at radius 3 is 2.57 bits per heavy atom. The van der Waals surface area contributed by atoms with E-state index in [0.29, 0.717) is 18.1 Å². The predicted molar refractivity (Wildman–Crippen MR) is 87.6 cm³/mol. The highest BCUT2D eigenvalue weighted by molar-refractivity contribution is 7.80. The molecule has 0 aliphatic carbocycles. The van der Waals surface area contributed by atoms with Crippen LogP contribution in [0.4, 0.5) is 0 Å². The minimum absolute atomic E-state index is 0.199. The minimum atomic E-state index is 0.199. The number of hydrogen-bond acceptors (Lipinski definition) is 3. The van der Waals surface area contributed by atoms with Gasteiger partial charge in [0, 0.05) is 0 Å². The first kappa shape index (κ1) is 13.6. The molecule has 0 aliphatic heterocycles. The third kappa shape index (κ3) is 2.76. The topological polar surface area (TPSA) is 48.4 Å². The molecule has 3 rings (SSSR count). The monoisotopic (exact) mass is 297 g/mol. The highest BCUT2D eigenvalue weighted by Gasteiger charge is 2.17. The summed E-state index contributed by atoms with van der Waals surface area (Å²) >= 11 is 5.04. The molecule has 0 saturated heterocycles. The maximum absolute atomic E-state index is 5.92. The highest BCUT2D eigenvalue weighted by atomic mass is 32.1. The van der Waals surface area contributed by atoms with Gasteiger partial charge in [0.2, 0.25) is 5.76 Å². The fourth-order valence-electron chi connectivity index (χ4n) is 2.17. The molecule has 0 bridgehead atoms. The molecule has 0 saturated carbocycles. The molecule has 0 aliphatic rings. The van der Waals surface area contributed by atoms with Crippen LogP contribution in [0, 0.1) is 6.92 Å². The molecule has 3 nitrogen and oxygen atoms in total. The van der Waals surface area contributed by atoms with Crippen molar-refractivity contribution in [2.24, 2.45) is 5.73 Å². The summed E-state index contributed by atoms with van der Waals surface area (Å²) in [6.45, 7) is 2.50. The number of benzene rings is 2. The Morgan fingerprint density at radius 1 is 1.14 bits per heavy atom. The van der Waals surface area contributed by atoms with E-state index < -0.39 is 0 Å². The van der Waals surface area contributed by atoms with Crippen molar-refractivity contribution in [1.82, 2.24) is 0 Å². The van der Waals surface area contributed by atoms with E-state index in [0.717, 1.165) is 16.5 Å². The van der Waals surface area contributed by atoms with Gasteiger partial charge in [-0.2, -0.15) is 0 Å². The second kappa shape index (κ2) is 5.58. The summed E-state index contributed by atoms with van der Waals surface area (Å²) in [7, 11) is 0. The van der Waals surface area contributed by atoms with Crippen LogP contribution in [-0.4, -0.2) is 4.99 Å². The summed E-state index contributed by atoms with van der Waals surface area (Å²) in [5.41, 5.74) is 8.75. The SMILES string of the molecule is Cc1ccc(COc2c(C(N)=S)oc3ccccc23)cc1. The average molecular weight is 297 g/mol. The van der Waals surface area contributed by atoms with Gasteiger partial charge < -0.3 is 14.9 Å². The van der Waals surface area contributed by atoms with Gasteiger partial charge in [0.05, 0.1) is 5.39 Å². The number of aryl methyl sites for hydroxylation is 1. The molecule has 2 N–H and O–H groups in total. The van der Waals surface area contributed by atoms with E-state index in [1.54, 1.807) is 0 Å². The van der Waals surface area contributed by atoms with Crippen LogP contribution in [-0.2, 0) is 6.61 Å². The van der Waals surface area contributed by atoms with Gasteiger partial charge in [-0.1, -0.05) is 54.2 Å². The summed E-state index contributed by atoms with van der Waals surface area (Å²) < 4.78 is 11.6. The number of furan rings is 1. The van der Waals surface area contributed by atoms with Crippen LogP contribution in [0.5, 0.6) is 5.75 Å². The van der Waals surface area contributed by atoms with Gasteiger partial charge >= 0.3 is 0 Å². The lowest BCUT2D eigenvalue weighted by Gasteiger charge is -2.06. The van der Waals surface area contributed by atoms with Gasteiger partial charge in [0.15, 0.2) is 5.75 Å². The largest absolute Gasteiger partial charge is 0.484 e. The number of ether oxygens (including phenoxy) is 1. The van der Waals surface area contributed by atoms with Crippen LogP contribution < -0.4 is 10.5 Å². The summed E-state index contributed by atoms with van der Waals surface area (Å²) in [5.74, 6) is 1.04. The summed E-state index contributed by atoms with van der Waals surface area (Å²) in [6, 6.07) is 15.8. The molecule has 1 aromatic heterocycles. The van der Waals surface area contributed by atoms with Crippen LogP contribution >= 0.6 is 12.2 Å². The number of thiocarbonyl (C=S) groups is 1. The molecule has 3 aromatic rings. The first-order valence-electron chi connectivity index (χ1n) is 6.65. The lowest BCUT2D eigenvalue weighted by atomic mass is 10.2. The van der Waals surface area contributed by atoms with Crippen molar-refractivity contribution in [3.8, 4) is 5.75 Å². The Morgan fingerprint density at radius 2 is 1.86 bits per heavy atom. The quantitative estimate of drug-likeness (QED) is 0.741. The first-order chi connectivity index (χ1) is 10.1. The van der Waals surface area contributed by atoms with Gasteiger partial charge in [0.25, 0.3) is 0 Å². The van der Waals surface area contributed by atoms with Crippen LogP contribution in [0.3, 0.4) is 0 Å². The molecular weight excluding hydrogens is 282 g/mol. The zero-order valence-corrected chi connectivity index (χ0v) is 12.4. The van der Waals surface area contributed by atoms with E-state index in [9.17, 15) is 0 Å². The number of hydrogen-bond donors (Lipinski definition) is 1. The number of para-hydroxylation sites is 1. The van der Waals surface area contributed by atoms with Crippen LogP contribution in [0.1, 0.15) is 16.9 Å². The van der Waals surface area contributed by atoms with Crippen LogP contribution in [0.15, 0.2) is 52.9 Å². The lowest BCUT2D eigenvalue weighted by Crippen LogP contribution is -2.10. The van der Waals surface area contributed by atoms with Crippen molar-refractivity contribution in [3.05, 3.63) is 65.4 Å². The molecule has 0 unspecified atom stereocenters. The first-order valence-corrected chi connectivity index (χ1v) is 7.05. The van der Waals surface area contributed by atoms with Crippen molar-refractivity contribution >= 4 is 28.2 Å². The average Bonchev–Trinajstić information content (AvgIpc) is 2.86. The van der Waals surface area contributed by atoms with E-state index in [-0.39, 0.29) is 4.99 Å². The third-order valence-electron chi connectivity index (χ3n) is 3.28. The van der Waals surface area contributed by atoms with E-state index >= 15 is 0 Å². The standard InChI is InChI=1S/C17H15NO2S/c1-11-6-8-12(9-7-11)10-19-15-13-4-2-3-5-14(13)20-16(15)17(18)21/h2-9H,10H2,1H3,(H2,18,21). The molecule has 21 heavy (non-hydrogen) atoms. The van der Waals surface area contributed by atoms with Gasteiger partial charge in [-0.3, -0.25) is 0 Å². The van der Waals surface area contributed by atoms with E-state index in [1.165, 1.54) is 5.56 Å². The predicted octanol–water partition coefficient (Wildman–Crippen LogP) is 3.95. The van der Waals surface area contributed by atoms with Crippen molar-refractivity contribution in [2.75, 3.05) is 0 Å². The number of fused-ring (bicyclic) bond motifs is 1. The fraction of sp³-hybridized carbons (Fsp3) is 0.118. The molecule has 4 heteroatoms. The Balaban J connectivity index is 1.93. The van der Waals surface area contributed by atoms with Crippen LogP contribution in [0.25, 0.3) is 11.0 Å². The van der Waals surface area contributed by atoms with Gasteiger partial charge in [0.1, 0.15) is 17.2 Å². The molecule has 2 aromatic carbocycles. The van der Waals surface area contributed by atoms with Crippen molar-refractivity contribution in [2.45, 2.75) is 13.5 Å². The smallest absolute Gasteiger partial charge is 0.204 e. The lowest BCUT2D eigenvalue weighted by molar-refractivity contribution is 0.304.